The van der Waals surface area contributed by atoms with Crippen LogP contribution in [0.2, 0.25) is 0 Å². The van der Waals surface area contributed by atoms with Gasteiger partial charge in [0.2, 0.25) is 0 Å². The Bertz CT molecular complexity index is 351. The fraction of sp³-hybridized carbons (Fsp3) is 0.786. The topological polar surface area (TPSA) is 39.1 Å². The predicted molar refractivity (Wildman–Crippen MR) is 74.6 cm³/mol. The van der Waals surface area contributed by atoms with Gasteiger partial charge in [0.15, 0.2) is 0 Å². The van der Waals surface area contributed by atoms with Crippen molar-refractivity contribution in [3.63, 3.8) is 0 Å². The molecule has 1 heterocycles. The first-order chi connectivity index (χ1) is 8.62. The summed E-state index contributed by atoms with van der Waals surface area (Å²) in [4.78, 5) is 4.52. The maximum absolute atomic E-state index is 5.97. The number of nitrogens with one attached hydrogen (secondary N) is 1. The second kappa shape index (κ2) is 6.90. The van der Waals surface area contributed by atoms with E-state index in [4.69, 9.17) is 4.74 Å². The van der Waals surface area contributed by atoms with Crippen LogP contribution in [0.1, 0.15) is 52.4 Å². The van der Waals surface area contributed by atoms with Gasteiger partial charge in [-0.2, -0.15) is 0 Å². The van der Waals surface area contributed by atoms with E-state index in [0.717, 1.165) is 31.8 Å². The standard InChI is InChI=1S/C14H27N3O/c1-6-10-17-11-9-16-13(17)12(15-5)14(4,7-2)18-8-3/h9,11-12,15H,6-8,10H2,1-5H3. The van der Waals surface area contributed by atoms with Gasteiger partial charge in [0.1, 0.15) is 5.82 Å². The number of imidazole rings is 1. The highest BCUT2D eigenvalue weighted by atomic mass is 16.5. The lowest BCUT2D eigenvalue weighted by Gasteiger charge is -2.36. The predicted octanol–water partition coefficient (Wildman–Crippen LogP) is 2.76. The summed E-state index contributed by atoms with van der Waals surface area (Å²) in [7, 11) is 1.97. The Morgan fingerprint density at radius 2 is 2.17 bits per heavy atom. The van der Waals surface area contributed by atoms with Crippen molar-refractivity contribution in [2.45, 2.75) is 58.7 Å². The van der Waals surface area contributed by atoms with Crippen molar-refractivity contribution in [1.82, 2.24) is 14.9 Å². The number of ether oxygens (including phenoxy) is 1. The molecule has 18 heavy (non-hydrogen) atoms. The Morgan fingerprint density at radius 1 is 1.44 bits per heavy atom. The van der Waals surface area contributed by atoms with Crippen molar-refractivity contribution in [3.05, 3.63) is 18.2 Å². The first kappa shape index (κ1) is 15.2. The third-order valence-electron chi connectivity index (χ3n) is 3.55. The molecule has 2 atom stereocenters. The molecule has 4 nitrogen and oxygen atoms in total. The number of hydrogen-bond donors (Lipinski definition) is 1. The van der Waals surface area contributed by atoms with Crippen LogP contribution in [0.15, 0.2) is 12.4 Å². The summed E-state index contributed by atoms with van der Waals surface area (Å²) in [5.41, 5.74) is -0.222. The zero-order chi connectivity index (χ0) is 13.6. The van der Waals surface area contributed by atoms with Gasteiger partial charge in [-0.15, -0.1) is 0 Å². The van der Waals surface area contributed by atoms with E-state index < -0.39 is 0 Å². The molecule has 4 heteroatoms. The Labute approximate surface area is 111 Å². The largest absolute Gasteiger partial charge is 0.373 e. The number of hydrogen-bond acceptors (Lipinski definition) is 3. The zero-order valence-corrected chi connectivity index (χ0v) is 12.4. The Kier molecular flexibility index (Phi) is 5.82. The number of likely N-dealkylation sites (N-methyl/N-ethyl adjacent to an activating group) is 1. The lowest BCUT2D eigenvalue weighted by molar-refractivity contribution is -0.0573. The quantitative estimate of drug-likeness (QED) is 0.774. The molecule has 0 aromatic carbocycles. The van der Waals surface area contributed by atoms with Crippen molar-refractivity contribution in [2.75, 3.05) is 13.7 Å². The van der Waals surface area contributed by atoms with Gasteiger partial charge in [0.25, 0.3) is 0 Å². The first-order valence-corrected chi connectivity index (χ1v) is 6.95. The summed E-state index contributed by atoms with van der Waals surface area (Å²) in [6, 6.07) is 0.115. The molecule has 0 aliphatic heterocycles. The lowest BCUT2D eigenvalue weighted by Crippen LogP contribution is -2.43. The van der Waals surface area contributed by atoms with E-state index in [-0.39, 0.29) is 11.6 Å². The van der Waals surface area contributed by atoms with Gasteiger partial charge < -0.3 is 14.6 Å². The third-order valence-corrected chi connectivity index (χ3v) is 3.55. The smallest absolute Gasteiger partial charge is 0.128 e. The van der Waals surface area contributed by atoms with Crippen LogP contribution in [0, 0.1) is 0 Å². The molecule has 0 aliphatic carbocycles. The summed E-state index contributed by atoms with van der Waals surface area (Å²) < 4.78 is 8.19. The number of aryl methyl sites for hydroxylation is 1. The van der Waals surface area contributed by atoms with E-state index in [2.05, 4.69) is 35.6 Å². The van der Waals surface area contributed by atoms with Gasteiger partial charge in [-0.05, 0) is 33.7 Å². The minimum absolute atomic E-state index is 0.115. The van der Waals surface area contributed by atoms with Gasteiger partial charge in [0.05, 0.1) is 11.6 Å². The van der Waals surface area contributed by atoms with Gasteiger partial charge in [-0.25, -0.2) is 4.98 Å². The monoisotopic (exact) mass is 253 g/mol. The zero-order valence-electron chi connectivity index (χ0n) is 12.4. The second-order valence-corrected chi connectivity index (χ2v) is 4.80. The van der Waals surface area contributed by atoms with Crippen molar-refractivity contribution >= 4 is 0 Å². The summed E-state index contributed by atoms with van der Waals surface area (Å²) in [5.74, 6) is 1.07. The third kappa shape index (κ3) is 3.12. The van der Waals surface area contributed by atoms with Crippen molar-refractivity contribution in [2.24, 2.45) is 0 Å². The summed E-state index contributed by atoms with van der Waals surface area (Å²) >= 11 is 0. The van der Waals surface area contributed by atoms with Gasteiger partial charge in [-0.1, -0.05) is 13.8 Å². The molecule has 0 saturated heterocycles. The van der Waals surface area contributed by atoms with Gasteiger partial charge in [0, 0.05) is 25.5 Å². The molecule has 1 aromatic heterocycles. The van der Waals surface area contributed by atoms with Crippen LogP contribution in [0.3, 0.4) is 0 Å². The van der Waals surface area contributed by atoms with Crippen molar-refractivity contribution < 1.29 is 4.74 Å². The minimum atomic E-state index is -0.222. The maximum Gasteiger partial charge on any atom is 0.128 e. The van der Waals surface area contributed by atoms with E-state index in [1.165, 1.54) is 0 Å². The van der Waals surface area contributed by atoms with Crippen LogP contribution in [0.5, 0.6) is 0 Å². The molecule has 1 rings (SSSR count). The van der Waals surface area contributed by atoms with Gasteiger partial charge in [-0.3, -0.25) is 0 Å². The summed E-state index contributed by atoms with van der Waals surface area (Å²) in [6.45, 7) is 10.3. The first-order valence-electron chi connectivity index (χ1n) is 6.95. The van der Waals surface area contributed by atoms with Crippen LogP contribution in [-0.4, -0.2) is 28.8 Å². The fourth-order valence-corrected chi connectivity index (χ4v) is 2.44. The summed E-state index contributed by atoms with van der Waals surface area (Å²) in [6.07, 6.45) is 5.98. The highest BCUT2D eigenvalue weighted by Crippen LogP contribution is 2.31. The van der Waals surface area contributed by atoms with E-state index in [0.29, 0.717) is 0 Å². The van der Waals surface area contributed by atoms with E-state index in [9.17, 15) is 0 Å². The molecule has 0 aliphatic rings. The van der Waals surface area contributed by atoms with Crippen LogP contribution < -0.4 is 5.32 Å². The molecule has 0 amide bonds. The lowest BCUT2D eigenvalue weighted by atomic mass is 9.92. The number of rotatable bonds is 8. The molecule has 2 unspecified atom stereocenters. The number of aromatic nitrogens is 2. The van der Waals surface area contributed by atoms with Crippen LogP contribution in [0.25, 0.3) is 0 Å². The molecule has 0 bridgehead atoms. The fourth-order valence-electron chi connectivity index (χ4n) is 2.44. The molecule has 104 valence electrons. The normalized spacial score (nSPS) is 16.5. The summed E-state index contributed by atoms with van der Waals surface area (Å²) in [5, 5.41) is 3.37. The van der Waals surface area contributed by atoms with E-state index >= 15 is 0 Å². The van der Waals surface area contributed by atoms with Crippen molar-refractivity contribution in [3.8, 4) is 0 Å². The molecular weight excluding hydrogens is 226 g/mol. The minimum Gasteiger partial charge on any atom is -0.373 e. The highest BCUT2D eigenvalue weighted by molar-refractivity contribution is 5.06. The Hall–Kier alpha value is -0.870. The maximum atomic E-state index is 5.97. The average molecular weight is 253 g/mol. The van der Waals surface area contributed by atoms with Crippen LogP contribution in [0.4, 0.5) is 0 Å². The molecule has 0 fully saturated rings. The molecular formula is C14H27N3O. The Morgan fingerprint density at radius 3 is 2.67 bits per heavy atom. The molecule has 0 spiro atoms. The molecule has 0 saturated carbocycles. The number of nitrogens with zero attached hydrogens (tertiary/aromatic N) is 2. The van der Waals surface area contributed by atoms with Crippen LogP contribution >= 0.6 is 0 Å². The average Bonchev–Trinajstić information content (AvgIpc) is 2.79. The van der Waals surface area contributed by atoms with Gasteiger partial charge >= 0.3 is 0 Å². The Balaban J connectivity index is 3.03. The SMILES string of the molecule is CCCn1ccnc1C(NC)C(C)(CC)OCC. The van der Waals surface area contributed by atoms with Crippen LogP contribution in [-0.2, 0) is 11.3 Å². The van der Waals surface area contributed by atoms with E-state index in [1.54, 1.807) is 0 Å². The van der Waals surface area contributed by atoms with Crippen molar-refractivity contribution in [1.29, 1.82) is 0 Å². The second-order valence-electron chi connectivity index (χ2n) is 4.80. The highest BCUT2D eigenvalue weighted by Gasteiger charge is 2.36. The molecule has 1 N–H and O–H groups in total. The molecule has 1 aromatic rings. The molecule has 0 radical (unpaired) electrons. The van der Waals surface area contributed by atoms with E-state index in [1.807, 2.05) is 26.4 Å².